The molecule has 0 aliphatic carbocycles. The van der Waals surface area contributed by atoms with Gasteiger partial charge in [0.15, 0.2) is 5.89 Å². The largest absolute Gasteiger partial charge is 0.445 e. The summed E-state index contributed by atoms with van der Waals surface area (Å²) in [4.78, 5) is 22.8. The zero-order valence-corrected chi connectivity index (χ0v) is 12.2. The fourth-order valence-corrected chi connectivity index (χ4v) is 2.37. The van der Waals surface area contributed by atoms with E-state index >= 15 is 0 Å². The number of pyridine rings is 1. The minimum atomic E-state index is -0.123. The number of rotatable bonds is 2. The lowest BCUT2D eigenvalue weighted by atomic mass is 10.1. The predicted octanol–water partition coefficient (Wildman–Crippen LogP) is 1.97. The third kappa shape index (κ3) is 2.61. The Morgan fingerprint density at radius 2 is 2.19 bits per heavy atom. The lowest BCUT2D eigenvalue weighted by Crippen LogP contribution is -2.36. The first-order valence-electron chi connectivity index (χ1n) is 7.05. The monoisotopic (exact) mass is 286 g/mol. The van der Waals surface area contributed by atoms with Crippen molar-refractivity contribution in [1.29, 1.82) is 0 Å². The van der Waals surface area contributed by atoms with Gasteiger partial charge in [-0.2, -0.15) is 0 Å². The molecule has 2 N–H and O–H groups in total. The molecule has 6 nitrogen and oxygen atoms in total. The molecule has 0 fully saturated rings. The maximum absolute atomic E-state index is 12.5. The van der Waals surface area contributed by atoms with Gasteiger partial charge in [0.25, 0.3) is 5.91 Å². The van der Waals surface area contributed by atoms with E-state index in [4.69, 9.17) is 10.2 Å². The third-order valence-electron chi connectivity index (χ3n) is 3.52. The maximum atomic E-state index is 12.5. The molecule has 0 unspecified atom stereocenters. The number of anilines is 1. The summed E-state index contributed by atoms with van der Waals surface area (Å²) in [7, 11) is 0. The Balaban J connectivity index is 1.81. The first kappa shape index (κ1) is 13.6. The van der Waals surface area contributed by atoms with Crippen LogP contribution in [0.2, 0.25) is 0 Å². The van der Waals surface area contributed by atoms with E-state index in [1.807, 2.05) is 13.8 Å². The fourth-order valence-electron chi connectivity index (χ4n) is 2.37. The lowest BCUT2D eigenvalue weighted by Gasteiger charge is -2.25. The van der Waals surface area contributed by atoms with Gasteiger partial charge >= 0.3 is 0 Å². The van der Waals surface area contributed by atoms with Gasteiger partial charge < -0.3 is 15.1 Å². The van der Waals surface area contributed by atoms with Crippen LogP contribution in [0.4, 0.5) is 5.82 Å². The Labute approximate surface area is 123 Å². The SMILES string of the molecule is CC(C)c1nc2c(o1)CCN(C(=O)c1cccc(N)n1)C2. The highest BCUT2D eigenvalue weighted by Gasteiger charge is 2.27. The van der Waals surface area contributed by atoms with Crippen molar-refractivity contribution in [3.63, 3.8) is 0 Å². The van der Waals surface area contributed by atoms with E-state index < -0.39 is 0 Å². The number of amides is 1. The Morgan fingerprint density at radius 3 is 2.90 bits per heavy atom. The summed E-state index contributed by atoms with van der Waals surface area (Å²) in [6, 6.07) is 5.08. The molecule has 1 aliphatic heterocycles. The predicted molar refractivity (Wildman–Crippen MR) is 77.7 cm³/mol. The number of nitrogens with zero attached hydrogens (tertiary/aromatic N) is 3. The van der Waals surface area contributed by atoms with Crippen LogP contribution in [-0.4, -0.2) is 27.3 Å². The number of carbonyl (C=O) groups excluding carboxylic acids is 1. The molecule has 3 rings (SSSR count). The van der Waals surface area contributed by atoms with Gasteiger partial charge in [0.1, 0.15) is 23.0 Å². The van der Waals surface area contributed by atoms with Gasteiger partial charge in [-0.15, -0.1) is 0 Å². The molecule has 1 amide bonds. The highest BCUT2D eigenvalue weighted by molar-refractivity contribution is 5.92. The van der Waals surface area contributed by atoms with Crippen LogP contribution in [-0.2, 0) is 13.0 Å². The Hall–Kier alpha value is -2.37. The van der Waals surface area contributed by atoms with Crippen molar-refractivity contribution in [2.45, 2.75) is 32.7 Å². The van der Waals surface area contributed by atoms with Crippen molar-refractivity contribution < 1.29 is 9.21 Å². The molecule has 0 radical (unpaired) electrons. The van der Waals surface area contributed by atoms with Gasteiger partial charge in [0, 0.05) is 18.9 Å². The van der Waals surface area contributed by atoms with Crippen LogP contribution in [0.1, 0.15) is 47.6 Å². The van der Waals surface area contributed by atoms with E-state index in [0.29, 0.717) is 31.0 Å². The quantitative estimate of drug-likeness (QED) is 0.912. The highest BCUT2D eigenvalue weighted by atomic mass is 16.4. The van der Waals surface area contributed by atoms with Crippen LogP contribution in [0, 0.1) is 0 Å². The first-order chi connectivity index (χ1) is 10.0. The molecule has 2 aromatic heterocycles. The molecule has 0 aromatic carbocycles. The first-order valence-corrected chi connectivity index (χ1v) is 7.05. The molecule has 0 saturated carbocycles. The molecule has 3 heterocycles. The molecule has 0 atom stereocenters. The number of hydrogen-bond acceptors (Lipinski definition) is 5. The maximum Gasteiger partial charge on any atom is 0.272 e. The van der Waals surface area contributed by atoms with E-state index in [2.05, 4.69) is 9.97 Å². The fraction of sp³-hybridized carbons (Fsp3) is 0.400. The summed E-state index contributed by atoms with van der Waals surface area (Å²) in [6.45, 7) is 5.14. The van der Waals surface area contributed by atoms with Crippen LogP contribution in [0.15, 0.2) is 22.6 Å². The van der Waals surface area contributed by atoms with E-state index in [-0.39, 0.29) is 11.8 Å². The number of carbonyl (C=O) groups is 1. The normalized spacial score (nSPS) is 14.3. The summed E-state index contributed by atoms with van der Waals surface area (Å²) in [5, 5.41) is 0. The molecule has 110 valence electrons. The highest BCUT2D eigenvalue weighted by Crippen LogP contribution is 2.24. The standard InChI is InChI=1S/C15H18N4O2/c1-9(2)14-18-11-8-19(7-6-12(11)21-14)15(20)10-4-3-5-13(16)17-10/h3-5,9H,6-8H2,1-2H3,(H2,16,17). The summed E-state index contributed by atoms with van der Waals surface area (Å²) < 4.78 is 5.74. The van der Waals surface area contributed by atoms with Gasteiger partial charge in [-0.05, 0) is 12.1 Å². The van der Waals surface area contributed by atoms with Crippen molar-refractivity contribution in [1.82, 2.24) is 14.9 Å². The summed E-state index contributed by atoms with van der Waals surface area (Å²) in [5.74, 6) is 2.10. The van der Waals surface area contributed by atoms with Crippen LogP contribution in [0.5, 0.6) is 0 Å². The lowest BCUT2D eigenvalue weighted by molar-refractivity contribution is 0.0722. The van der Waals surface area contributed by atoms with Gasteiger partial charge in [-0.25, -0.2) is 9.97 Å². The van der Waals surface area contributed by atoms with Crippen molar-refractivity contribution in [2.24, 2.45) is 0 Å². The van der Waals surface area contributed by atoms with Crippen molar-refractivity contribution >= 4 is 11.7 Å². The van der Waals surface area contributed by atoms with Crippen LogP contribution < -0.4 is 5.73 Å². The van der Waals surface area contributed by atoms with Gasteiger partial charge in [-0.1, -0.05) is 19.9 Å². The third-order valence-corrected chi connectivity index (χ3v) is 3.52. The molecule has 0 spiro atoms. The second kappa shape index (κ2) is 5.20. The van der Waals surface area contributed by atoms with E-state index in [9.17, 15) is 4.79 Å². The van der Waals surface area contributed by atoms with E-state index in [1.54, 1.807) is 23.1 Å². The van der Waals surface area contributed by atoms with Crippen molar-refractivity contribution in [3.05, 3.63) is 41.2 Å². The van der Waals surface area contributed by atoms with E-state index in [1.165, 1.54) is 0 Å². The molecule has 21 heavy (non-hydrogen) atoms. The zero-order valence-electron chi connectivity index (χ0n) is 12.2. The summed E-state index contributed by atoms with van der Waals surface area (Å²) in [5.41, 5.74) is 6.85. The number of nitrogens with two attached hydrogens (primary N) is 1. The number of aromatic nitrogens is 2. The van der Waals surface area contributed by atoms with Crippen LogP contribution >= 0.6 is 0 Å². The van der Waals surface area contributed by atoms with Gasteiger partial charge in [-0.3, -0.25) is 4.79 Å². The average Bonchev–Trinajstić information content (AvgIpc) is 2.89. The topological polar surface area (TPSA) is 85.2 Å². The molecule has 0 bridgehead atoms. The molecule has 6 heteroatoms. The number of fused-ring (bicyclic) bond motifs is 1. The molecule has 2 aromatic rings. The van der Waals surface area contributed by atoms with Crippen LogP contribution in [0.3, 0.4) is 0 Å². The van der Waals surface area contributed by atoms with Crippen LogP contribution in [0.25, 0.3) is 0 Å². The number of oxazole rings is 1. The van der Waals surface area contributed by atoms with Crippen molar-refractivity contribution in [3.8, 4) is 0 Å². The van der Waals surface area contributed by atoms with Crippen molar-refractivity contribution in [2.75, 3.05) is 12.3 Å². The second-order valence-corrected chi connectivity index (χ2v) is 5.50. The Kier molecular flexibility index (Phi) is 3.37. The molecular weight excluding hydrogens is 268 g/mol. The zero-order chi connectivity index (χ0) is 15.0. The molecule has 1 aliphatic rings. The average molecular weight is 286 g/mol. The summed E-state index contributed by atoms with van der Waals surface area (Å²) >= 11 is 0. The molecular formula is C15H18N4O2. The minimum Gasteiger partial charge on any atom is -0.445 e. The smallest absolute Gasteiger partial charge is 0.272 e. The Bertz CT molecular complexity index is 678. The Morgan fingerprint density at radius 1 is 1.38 bits per heavy atom. The van der Waals surface area contributed by atoms with E-state index in [0.717, 1.165) is 17.3 Å². The van der Waals surface area contributed by atoms with Gasteiger partial charge in [0.2, 0.25) is 0 Å². The van der Waals surface area contributed by atoms with Gasteiger partial charge in [0.05, 0.1) is 6.54 Å². The minimum absolute atomic E-state index is 0.123. The number of hydrogen-bond donors (Lipinski definition) is 1. The second-order valence-electron chi connectivity index (χ2n) is 5.50. The molecule has 0 saturated heterocycles. The number of nitrogen functional groups attached to an aromatic ring is 1. The summed E-state index contributed by atoms with van der Waals surface area (Å²) in [6.07, 6.45) is 0.684.